The Morgan fingerprint density at radius 1 is 1.17 bits per heavy atom. The summed E-state index contributed by atoms with van der Waals surface area (Å²) in [7, 11) is 0. The van der Waals surface area contributed by atoms with Gasteiger partial charge >= 0.3 is 0 Å². The van der Waals surface area contributed by atoms with Gasteiger partial charge in [0.2, 0.25) is 0 Å². The van der Waals surface area contributed by atoms with Crippen molar-refractivity contribution in [3.63, 3.8) is 0 Å². The fourth-order valence-corrected chi connectivity index (χ4v) is 2.96. The number of nitrogens with zero attached hydrogens (tertiary/aromatic N) is 1. The minimum absolute atomic E-state index is 0.151. The standard InChI is InChI=1S/C16H26N2/c1-4-17-15-10-12-18(13-11-15)16(2,3)14-8-6-5-7-9-14/h5-9,15,17H,4,10-13H2,1-3H3. The highest BCUT2D eigenvalue weighted by Gasteiger charge is 2.31. The van der Waals surface area contributed by atoms with E-state index in [0.29, 0.717) is 0 Å². The molecule has 0 amide bonds. The van der Waals surface area contributed by atoms with Gasteiger partial charge in [-0.3, -0.25) is 4.90 Å². The maximum Gasteiger partial charge on any atom is 0.0404 e. The fourth-order valence-electron chi connectivity index (χ4n) is 2.96. The molecule has 1 heterocycles. The quantitative estimate of drug-likeness (QED) is 0.878. The van der Waals surface area contributed by atoms with Crippen LogP contribution in [0.3, 0.4) is 0 Å². The zero-order chi connectivity index (χ0) is 13.0. The zero-order valence-electron chi connectivity index (χ0n) is 11.9. The molecule has 2 rings (SSSR count). The molecule has 0 atom stereocenters. The Kier molecular flexibility index (Phi) is 4.41. The van der Waals surface area contributed by atoms with Crippen molar-refractivity contribution in [1.29, 1.82) is 0 Å². The molecule has 2 heteroatoms. The summed E-state index contributed by atoms with van der Waals surface area (Å²) in [5, 5.41) is 3.57. The van der Waals surface area contributed by atoms with Crippen molar-refractivity contribution < 1.29 is 0 Å². The average molecular weight is 246 g/mol. The van der Waals surface area contributed by atoms with Crippen LogP contribution in [0.4, 0.5) is 0 Å². The molecule has 1 fully saturated rings. The van der Waals surface area contributed by atoms with Crippen molar-refractivity contribution in [2.24, 2.45) is 0 Å². The van der Waals surface area contributed by atoms with Crippen LogP contribution in [-0.4, -0.2) is 30.6 Å². The van der Waals surface area contributed by atoms with Crippen LogP contribution >= 0.6 is 0 Å². The molecule has 1 saturated heterocycles. The van der Waals surface area contributed by atoms with Gasteiger partial charge in [-0.05, 0) is 38.8 Å². The summed E-state index contributed by atoms with van der Waals surface area (Å²) in [5.74, 6) is 0. The maximum atomic E-state index is 3.57. The van der Waals surface area contributed by atoms with Crippen molar-refractivity contribution in [3.05, 3.63) is 35.9 Å². The molecule has 0 radical (unpaired) electrons. The van der Waals surface area contributed by atoms with Gasteiger partial charge < -0.3 is 5.32 Å². The molecule has 0 saturated carbocycles. The Bertz CT molecular complexity index is 351. The van der Waals surface area contributed by atoms with Crippen molar-refractivity contribution in [2.75, 3.05) is 19.6 Å². The molecular formula is C16H26N2. The predicted molar refractivity (Wildman–Crippen MR) is 77.7 cm³/mol. The molecule has 0 aromatic heterocycles. The topological polar surface area (TPSA) is 15.3 Å². The average Bonchev–Trinajstić information content (AvgIpc) is 2.41. The van der Waals surface area contributed by atoms with E-state index in [4.69, 9.17) is 0 Å². The minimum Gasteiger partial charge on any atom is -0.314 e. The van der Waals surface area contributed by atoms with Crippen LogP contribution in [0.1, 0.15) is 39.2 Å². The van der Waals surface area contributed by atoms with E-state index in [1.54, 1.807) is 0 Å². The highest BCUT2D eigenvalue weighted by molar-refractivity contribution is 5.23. The number of rotatable bonds is 4. The van der Waals surface area contributed by atoms with Gasteiger partial charge in [-0.2, -0.15) is 0 Å². The molecule has 0 unspecified atom stereocenters. The van der Waals surface area contributed by atoms with E-state index in [1.165, 1.54) is 31.5 Å². The lowest BCUT2D eigenvalue weighted by atomic mass is 9.89. The molecule has 1 aliphatic rings. The zero-order valence-corrected chi connectivity index (χ0v) is 11.9. The van der Waals surface area contributed by atoms with Crippen LogP contribution in [0.15, 0.2) is 30.3 Å². The van der Waals surface area contributed by atoms with Crippen LogP contribution in [0.25, 0.3) is 0 Å². The largest absolute Gasteiger partial charge is 0.314 e. The molecule has 2 nitrogen and oxygen atoms in total. The molecule has 0 spiro atoms. The SMILES string of the molecule is CCNC1CCN(C(C)(C)c2ccccc2)CC1. The second-order valence-corrected chi connectivity index (χ2v) is 5.74. The monoisotopic (exact) mass is 246 g/mol. The number of hydrogen-bond acceptors (Lipinski definition) is 2. The molecule has 18 heavy (non-hydrogen) atoms. The van der Waals surface area contributed by atoms with Crippen molar-refractivity contribution in [2.45, 2.75) is 45.2 Å². The van der Waals surface area contributed by atoms with Gasteiger partial charge in [-0.25, -0.2) is 0 Å². The summed E-state index contributed by atoms with van der Waals surface area (Å²) in [6, 6.07) is 11.6. The Labute approximate surface area is 111 Å². The van der Waals surface area contributed by atoms with Crippen molar-refractivity contribution in [1.82, 2.24) is 10.2 Å². The third-order valence-corrected chi connectivity index (χ3v) is 4.26. The first-order chi connectivity index (χ1) is 8.64. The Hall–Kier alpha value is -0.860. The van der Waals surface area contributed by atoms with Gasteiger partial charge in [0.1, 0.15) is 0 Å². The first-order valence-electron chi connectivity index (χ1n) is 7.18. The minimum atomic E-state index is 0.151. The lowest BCUT2D eigenvalue weighted by molar-refractivity contribution is 0.0817. The van der Waals surface area contributed by atoms with Gasteiger partial charge in [0, 0.05) is 24.7 Å². The lowest BCUT2D eigenvalue weighted by Gasteiger charge is -2.43. The van der Waals surface area contributed by atoms with E-state index in [1.807, 2.05) is 0 Å². The van der Waals surface area contributed by atoms with Crippen molar-refractivity contribution in [3.8, 4) is 0 Å². The third kappa shape index (κ3) is 2.93. The van der Waals surface area contributed by atoms with Gasteiger partial charge in [-0.1, -0.05) is 37.3 Å². The maximum absolute atomic E-state index is 3.57. The van der Waals surface area contributed by atoms with Gasteiger partial charge in [0.15, 0.2) is 0 Å². The fraction of sp³-hybridized carbons (Fsp3) is 0.625. The number of nitrogens with one attached hydrogen (secondary N) is 1. The number of likely N-dealkylation sites (tertiary alicyclic amines) is 1. The molecule has 1 N–H and O–H groups in total. The molecule has 1 aromatic carbocycles. The van der Waals surface area contributed by atoms with Crippen molar-refractivity contribution >= 4 is 0 Å². The second-order valence-electron chi connectivity index (χ2n) is 5.74. The number of piperidine rings is 1. The third-order valence-electron chi connectivity index (χ3n) is 4.26. The summed E-state index contributed by atoms with van der Waals surface area (Å²) >= 11 is 0. The highest BCUT2D eigenvalue weighted by atomic mass is 15.2. The normalized spacial score (nSPS) is 19.1. The van der Waals surface area contributed by atoms with Crippen LogP contribution in [-0.2, 0) is 5.54 Å². The van der Waals surface area contributed by atoms with E-state index in [0.717, 1.165) is 12.6 Å². The summed E-state index contributed by atoms with van der Waals surface area (Å²) in [6.45, 7) is 10.4. The van der Waals surface area contributed by atoms with E-state index < -0.39 is 0 Å². The molecule has 1 aromatic rings. The summed E-state index contributed by atoms with van der Waals surface area (Å²) < 4.78 is 0. The second kappa shape index (κ2) is 5.85. The smallest absolute Gasteiger partial charge is 0.0404 e. The highest BCUT2D eigenvalue weighted by Crippen LogP contribution is 2.30. The van der Waals surface area contributed by atoms with E-state index in [2.05, 4.69) is 61.3 Å². The van der Waals surface area contributed by atoms with Gasteiger partial charge in [-0.15, -0.1) is 0 Å². The van der Waals surface area contributed by atoms with Gasteiger partial charge in [0.05, 0.1) is 0 Å². The number of benzene rings is 1. The summed E-state index contributed by atoms with van der Waals surface area (Å²) in [6.07, 6.45) is 2.54. The lowest BCUT2D eigenvalue weighted by Crippen LogP contribution is -2.49. The Balaban J connectivity index is 2.00. The van der Waals surface area contributed by atoms with Crippen LogP contribution in [0.5, 0.6) is 0 Å². The molecule has 0 bridgehead atoms. The first-order valence-corrected chi connectivity index (χ1v) is 7.18. The first kappa shape index (κ1) is 13.6. The van der Waals surface area contributed by atoms with Crippen LogP contribution in [0, 0.1) is 0 Å². The molecule has 1 aliphatic heterocycles. The van der Waals surface area contributed by atoms with Crippen LogP contribution in [0.2, 0.25) is 0 Å². The summed E-state index contributed by atoms with van der Waals surface area (Å²) in [4.78, 5) is 2.62. The molecule has 100 valence electrons. The number of hydrogen-bond donors (Lipinski definition) is 1. The summed E-state index contributed by atoms with van der Waals surface area (Å²) in [5.41, 5.74) is 1.57. The predicted octanol–water partition coefficient (Wildman–Crippen LogP) is 3.00. The molecule has 0 aliphatic carbocycles. The van der Waals surface area contributed by atoms with E-state index in [9.17, 15) is 0 Å². The van der Waals surface area contributed by atoms with Crippen LogP contribution < -0.4 is 5.32 Å². The Morgan fingerprint density at radius 2 is 1.78 bits per heavy atom. The van der Waals surface area contributed by atoms with E-state index in [-0.39, 0.29) is 5.54 Å². The Morgan fingerprint density at radius 3 is 2.33 bits per heavy atom. The van der Waals surface area contributed by atoms with E-state index >= 15 is 0 Å². The van der Waals surface area contributed by atoms with Gasteiger partial charge in [0.25, 0.3) is 0 Å². The molecular weight excluding hydrogens is 220 g/mol.